The number of Topliss-reactive ketones (excluding diaryl/α,β-unsaturated/α-hetero) is 1. The average Bonchev–Trinajstić information content (AvgIpc) is 3.16. The number of nitrogens with one attached hydrogen (secondary N) is 1. The van der Waals surface area contributed by atoms with Crippen molar-refractivity contribution in [1.29, 1.82) is 0 Å². The first-order valence-electron chi connectivity index (χ1n) is 8.96. The molecule has 3 heterocycles. The molecular weight excluding hydrogens is 388 g/mol. The van der Waals surface area contributed by atoms with Gasteiger partial charge in [0.2, 0.25) is 0 Å². The molecule has 28 heavy (non-hydrogen) atoms. The zero-order valence-corrected chi connectivity index (χ0v) is 17.0. The number of esters is 1. The van der Waals surface area contributed by atoms with Gasteiger partial charge in [-0.2, -0.15) is 0 Å². The first-order chi connectivity index (χ1) is 13.1. The van der Waals surface area contributed by atoms with Crippen molar-refractivity contribution in [3.63, 3.8) is 0 Å². The Labute approximate surface area is 166 Å². The molecule has 0 bridgehead atoms. The van der Waals surface area contributed by atoms with Crippen molar-refractivity contribution >= 4 is 28.9 Å². The molecule has 0 spiro atoms. The first kappa shape index (κ1) is 20.6. The van der Waals surface area contributed by atoms with E-state index >= 15 is 0 Å². The van der Waals surface area contributed by atoms with Crippen LogP contribution in [0.4, 0.5) is 8.78 Å². The predicted octanol–water partition coefficient (Wildman–Crippen LogP) is 2.52. The van der Waals surface area contributed by atoms with Gasteiger partial charge in [-0.05, 0) is 32.9 Å². The largest absolute Gasteiger partial charge is 0.466 e. The van der Waals surface area contributed by atoms with Gasteiger partial charge in [-0.1, -0.05) is 0 Å². The molecule has 1 aromatic heterocycles. The topological polar surface area (TPSA) is 71.0 Å². The third kappa shape index (κ3) is 4.15. The molecule has 1 N–H and O–H groups in total. The van der Waals surface area contributed by atoms with Crippen LogP contribution in [0, 0.1) is 6.92 Å². The number of amidine groups is 1. The van der Waals surface area contributed by atoms with Crippen LogP contribution < -0.4 is 5.32 Å². The first-order valence-corrected chi connectivity index (χ1v) is 9.78. The summed E-state index contributed by atoms with van der Waals surface area (Å²) in [5.41, 5.74) is 0.733. The minimum absolute atomic E-state index is 0.0119. The van der Waals surface area contributed by atoms with Crippen molar-refractivity contribution in [3.8, 4) is 0 Å². The quantitative estimate of drug-likeness (QED) is 0.754. The molecule has 6 nitrogen and oxygen atoms in total. The van der Waals surface area contributed by atoms with Crippen LogP contribution in [0.2, 0.25) is 0 Å². The lowest BCUT2D eigenvalue weighted by atomic mass is 10.0. The molecule has 0 saturated carbocycles. The van der Waals surface area contributed by atoms with Crippen LogP contribution in [0.1, 0.15) is 30.0 Å². The van der Waals surface area contributed by atoms with Crippen LogP contribution in [0.5, 0.6) is 0 Å². The van der Waals surface area contributed by atoms with Crippen molar-refractivity contribution in [1.82, 2.24) is 10.2 Å². The number of rotatable bonds is 5. The third-order valence-electron chi connectivity index (χ3n) is 4.91. The van der Waals surface area contributed by atoms with Crippen LogP contribution in [0.25, 0.3) is 0 Å². The van der Waals surface area contributed by atoms with Gasteiger partial charge in [-0.25, -0.2) is 13.6 Å². The highest BCUT2D eigenvalue weighted by Gasteiger charge is 2.47. The van der Waals surface area contributed by atoms with Gasteiger partial charge in [0.15, 0.2) is 0 Å². The normalized spacial score (nSPS) is 24.7. The number of nitrogens with zero attached hydrogens (tertiary/aromatic N) is 2. The van der Waals surface area contributed by atoms with Crippen LogP contribution in [-0.2, 0) is 14.3 Å². The van der Waals surface area contributed by atoms with Gasteiger partial charge >= 0.3 is 5.97 Å². The molecule has 2 atom stereocenters. The minimum atomic E-state index is -2.94. The molecule has 0 aromatic carbocycles. The SMILES string of the molecule is COC(=O)C1=C(CN2CC(F)(F)CC2C(C)=O)NC(c2ccc(C)s2)=NC1C. The molecule has 0 amide bonds. The molecule has 1 aromatic rings. The van der Waals surface area contributed by atoms with E-state index < -0.39 is 36.9 Å². The summed E-state index contributed by atoms with van der Waals surface area (Å²) in [6.07, 6.45) is -0.510. The molecule has 3 rings (SSSR count). The van der Waals surface area contributed by atoms with E-state index in [9.17, 15) is 18.4 Å². The van der Waals surface area contributed by atoms with E-state index in [-0.39, 0.29) is 17.9 Å². The van der Waals surface area contributed by atoms with E-state index in [2.05, 4.69) is 10.3 Å². The lowest BCUT2D eigenvalue weighted by molar-refractivity contribution is -0.136. The lowest BCUT2D eigenvalue weighted by Crippen LogP contribution is -2.43. The number of alkyl halides is 2. The van der Waals surface area contributed by atoms with Gasteiger partial charge in [0.25, 0.3) is 5.92 Å². The number of hydrogen-bond acceptors (Lipinski definition) is 7. The molecule has 2 aliphatic heterocycles. The number of aryl methyl sites for hydroxylation is 1. The molecular formula is C19H23F2N3O3S. The van der Waals surface area contributed by atoms with Gasteiger partial charge in [-0.3, -0.25) is 14.7 Å². The average molecular weight is 411 g/mol. The summed E-state index contributed by atoms with van der Waals surface area (Å²) in [4.78, 5) is 32.2. The third-order valence-corrected chi connectivity index (χ3v) is 5.92. The van der Waals surface area contributed by atoms with Crippen molar-refractivity contribution in [2.45, 2.75) is 45.2 Å². The Hall–Kier alpha value is -2.13. The second kappa shape index (κ2) is 7.71. The lowest BCUT2D eigenvalue weighted by Gasteiger charge is -2.29. The fourth-order valence-corrected chi connectivity index (χ4v) is 4.44. The Morgan fingerprint density at radius 2 is 2.14 bits per heavy atom. The summed E-state index contributed by atoms with van der Waals surface area (Å²) in [5, 5.41) is 3.13. The maximum absolute atomic E-state index is 14.0. The smallest absolute Gasteiger partial charge is 0.337 e. The summed E-state index contributed by atoms with van der Waals surface area (Å²) in [6.45, 7) is 4.52. The Balaban J connectivity index is 1.93. The Morgan fingerprint density at radius 1 is 1.43 bits per heavy atom. The number of hydrogen-bond donors (Lipinski definition) is 1. The maximum atomic E-state index is 14.0. The van der Waals surface area contributed by atoms with E-state index in [1.807, 2.05) is 19.1 Å². The number of halogens is 2. The number of carbonyl (C=O) groups excluding carboxylic acids is 2. The van der Waals surface area contributed by atoms with Gasteiger partial charge in [-0.15, -0.1) is 11.3 Å². The molecule has 0 aliphatic carbocycles. The summed E-state index contributed by atoms with van der Waals surface area (Å²) in [7, 11) is 1.27. The van der Waals surface area contributed by atoms with E-state index in [1.165, 1.54) is 18.9 Å². The van der Waals surface area contributed by atoms with Crippen LogP contribution >= 0.6 is 11.3 Å². The van der Waals surface area contributed by atoms with Gasteiger partial charge < -0.3 is 10.1 Å². The van der Waals surface area contributed by atoms with E-state index in [1.54, 1.807) is 18.3 Å². The van der Waals surface area contributed by atoms with Gasteiger partial charge in [0.1, 0.15) is 11.6 Å². The predicted molar refractivity (Wildman–Crippen MR) is 103 cm³/mol. The highest BCUT2D eigenvalue weighted by Crippen LogP contribution is 2.33. The van der Waals surface area contributed by atoms with E-state index in [0.717, 1.165) is 9.75 Å². The number of likely N-dealkylation sites (tertiary alicyclic amines) is 1. The molecule has 2 unspecified atom stereocenters. The number of ether oxygens (including phenoxy) is 1. The Kier molecular flexibility index (Phi) is 5.67. The van der Waals surface area contributed by atoms with Gasteiger partial charge in [0, 0.05) is 23.5 Å². The van der Waals surface area contributed by atoms with E-state index in [4.69, 9.17) is 4.74 Å². The van der Waals surface area contributed by atoms with Crippen LogP contribution in [0.3, 0.4) is 0 Å². The molecule has 1 saturated heterocycles. The Bertz CT molecular complexity index is 862. The van der Waals surface area contributed by atoms with Crippen molar-refractivity contribution in [2.75, 3.05) is 20.2 Å². The summed E-state index contributed by atoms with van der Waals surface area (Å²) < 4.78 is 32.8. The summed E-state index contributed by atoms with van der Waals surface area (Å²) >= 11 is 1.54. The number of thiophene rings is 1. The standard InChI is InChI=1S/C19H23F2N3O3S/c1-10-5-6-15(28-10)17-22-11(2)16(18(26)27-4)13(23-17)8-24-9-19(20,21)7-14(24)12(3)25/h5-6,11,14H,7-9H2,1-4H3,(H,22,23). The zero-order chi connectivity index (χ0) is 20.6. The summed E-state index contributed by atoms with van der Waals surface area (Å²) in [6, 6.07) is 2.49. The number of methoxy groups -OCH3 is 1. The fourth-order valence-electron chi connectivity index (χ4n) is 3.62. The fraction of sp³-hybridized carbons (Fsp3) is 0.526. The molecule has 2 aliphatic rings. The number of ketones is 1. The van der Waals surface area contributed by atoms with Crippen molar-refractivity contribution < 1.29 is 23.1 Å². The monoisotopic (exact) mass is 411 g/mol. The molecule has 0 radical (unpaired) electrons. The van der Waals surface area contributed by atoms with Gasteiger partial charge in [0.05, 0.1) is 36.2 Å². The summed E-state index contributed by atoms with van der Waals surface area (Å²) in [5.74, 6) is -3.24. The van der Waals surface area contributed by atoms with Crippen molar-refractivity contribution in [3.05, 3.63) is 33.2 Å². The second-order valence-electron chi connectivity index (χ2n) is 7.16. The number of carbonyl (C=O) groups is 2. The second-order valence-corrected chi connectivity index (χ2v) is 8.45. The minimum Gasteiger partial charge on any atom is -0.466 e. The molecule has 1 fully saturated rings. The molecule has 152 valence electrons. The van der Waals surface area contributed by atoms with Crippen molar-refractivity contribution in [2.24, 2.45) is 4.99 Å². The number of aliphatic imine (C=N–C) groups is 1. The van der Waals surface area contributed by atoms with E-state index in [0.29, 0.717) is 11.5 Å². The highest BCUT2D eigenvalue weighted by atomic mass is 32.1. The molecule has 9 heteroatoms. The maximum Gasteiger partial charge on any atom is 0.337 e. The van der Waals surface area contributed by atoms with Crippen LogP contribution in [-0.4, -0.2) is 60.7 Å². The Morgan fingerprint density at radius 3 is 2.71 bits per heavy atom. The highest BCUT2D eigenvalue weighted by molar-refractivity contribution is 7.14. The zero-order valence-electron chi connectivity index (χ0n) is 16.2. The van der Waals surface area contributed by atoms with Crippen LogP contribution in [0.15, 0.2) is 28.4 Å².